The highest BCUT2D eigenvalue weighted by atomic mass is 19.1. The van der Waals surface area contributed by atoms with E-state index in [-0.39, 0.29) is 11.9 Å². The average Bonchev–Trinajstić information content (AvgIpc) is 2.46. The second kappa shape index (κ2) is 8.98. The minimum atomic E-state index is -0.233. The summed E-state index contributed by atoms with van der Waals surface area (Å²) in [6.45, 7) is 3.74. The number of benzene rings is 1. The fourth-order valence-electron chi connectivity index (χ4n) is 1.91. The molecule has 0 aliphatic heterocycles. The zero-order valence-electron chi connectivity index (χ0n) is 12.9. The molecule has 1 rings (SSSR count). The highest BCUT2D eigenvalue weighted by Crippen LogP contribution is 2.18. The summed E-state index contributed by atoms with van der Waals surface area (Å²) < 4.78 is 13.0. The number of nitrogens with zero attached hydrogens (tertiary/aromatic N) is 2. The van der Waals surface area contributed by atoms with Gasteiger partial charge in [-0.25, -0.2) is 4.39 Å². The lowest BCUT2D eigenvalue weighted by Crippen LogP contribution is -2.38. The van der Waals surface area contributed by atoms with Crippen molar-refractivity contribution in [1.29, 1.82) is 0 Å². The first-order valence-corrected chi connectivity index (χ1v) is 6.96. The maximum Gasteiger partial charge on any atom is 0.192 e. The Balaban J connectivity index is 2.81. The molecular formula is C16H23FN4. The van der Waals surface area contributed by atoms with E-state index in [4.69, 9.17) is 6.42 Å². The largest absolute Gasteiger partial charge is 0.357 e. The van der Waals surface area contributed by atoms with E-state index in [0.717, 1.165) is 12.1 Å². The van der Waals surface area contributed by atoms with Crippen molar-refractivity contribution in [3.63, 3.8) is 0 Å². The number of nitrogens with one attached hydrogen (secondary N) is 2. The molecule has 0 heterocycles. The van der Waals surface area contributed by atoms with Crippen LogP contribution in [0.2, 0.25) is 0 Å². The minimum Gasteiger partial charge on any atom is -0.357 e. The highest BCUT2D eigenvalue weighted by molar-refractivity contribution is 5.80. The van der Waals surface area contributed by atoms with E-state index < -0.39 is 0 Å². The number of hydrogen-bond donors (Lipinski definition) is 2. The third kappa shape index (κ3) is 5.84. The molecule has 21 heavy (non-hydrogen) atoms. The van der Waals surface area contributed by atoms with Crippen molar-refractivity contribution in [3.05, 3.63) is 35.6 Å². The Morgan fingerprint density at radius 2 is 2.00 bits per heavy atom. The van der Waals surface area contributed by atoms with E-state index in [1.54, 1.807) is 12.1 Å². The summed E-state index contributed by atoms with van der Waals surface area (Å²) in [5.74, 6) is 2.97. The van der Waals surface area contributed by atoms with Gasteiger partial charge in [0.15, 0.2) is 5.96 Å². The van der Waals surface area contributed by atoms with Crippen LogP contribution < -0.4 is 10.6 Å². The smallest absolute Gasteiger partial charge is 0.192 e. The SMILES string of the molecule is C#CCNC(=NCC(c1ccc(F)cc1)N(C)C)NCC. The van der Waals surface area contributed by atoms with Crippen LogP contribution in [0.25, 0.3) is 0 Å². The Morgan fingerprint density at radius 3 is 2.52 bits per heavy atom. The number of halogens is 1. The normalized spacial score (nSPS) is 12.9. The molecule has 4 nitrogen and oxygen atoms in total. The van der Waals surface area contributed by atoms with Gasteiger partial charge < -0.3 is 15.5 Å². The Hall–Kier alpha value is -2.06. The zero-order chi connectivity index (χ0) is 15.7. The predicted molar refractivity (Wildman–Crippen MR) is 85.6 cm³/mol. The summed E-state index contributed by atoms with van der Waals surface area (Å²) in [6.07, 6.45) is 5.24. The molecule has 0 radical (unpaired) electrons. The molecule has 0 aliphatic carbocycles. The monoisotopic (exact) mass is 290 g/mol. The molecule has 0 spiro atoms. The van der Waals surface area contributed by atoms with Crippen molar-refractivity contribution in [2.24, 2.45) is 4.99 Å². The molecule has 0 saturated carbocycles. The number of guanidine groups is 1. The first-order valence-electron chi connectivity index (χ1n) is 6.96. The zero-order valence-corrected chi connectivity index (χ0v) is 12.9. The molecule has 0 amide bonds. The molecule has 1 atom stereocenters. The lowest BCUT2D eigenvalue weighted by molar-refractivity contribution is 0.306. The highest BCUT2D eigenvalue weighted by Gasteiger charge is 2.14. The average molecular weight is 290 g/mol. The van der Waals surface area contributed by atoms with Crippen LogP contribution in [0.5, 0.6) is 0 Å². The van der Waals surface area contributed by atoms with Crippen molar-refractivity contribution in [2.75, 3.05) is 33.7 Å². The number of aliphatic imine (C=N–C) groups is 1. The standard InChI is InChI=1S/C16H23FN4/c1-5-11-19-16(18-6-2)20-12-15(21(3)4)13-7-9-14(17)10-8-13/h1,7-10,15H,6,11-12H2,2-4H3,(H2,18,19,20). The van der Waals surface area contributed by atoms with E-state index in [1.807, 2.05) is 21.0 Å². The van der Waals surface area contributed by atoms with Gasteiger partial charge in [0.05, 0.1) is 19.1 Å². The van der Waals surface area contributed by atoms with Crippen LogP contribution in [0, 0.1) is 18.2 Å². The maximum absolute atomic E-state index is 13.0. The van der Waals surface area contributed by atoms with Crippen LogP contribution in [-0.2, 0) is 0 Å². The first-order chi connectivity index (χ1) is 10.1. The Bertz CT molecular complexity index is 488. The molecular weight excluding hydrogens is 267 g/mol. The molecule has 5 heteroatoms. The van der Waals surface area contributed by atoms with Gasteiger partial charge in [-0.3, -0.25) is 4.99 Å². The van der Waals surface area contributed by atoms with E-state index in [9.17, 15) is 4.39 Å². The molecule has 1 unspecified atom stereocenters. The van der Waals surface area contributed by atoms with Gasteiger partial charge in [-0.15, -0.1) is 6.42 Å². The van der Waals surface area contributed by atoms with Crippen LogP contribution in [-0.4, -0.2) is 44.6 Å². The molecule has 1 aromatic rings. The summed E-state index contributed by atoms with van der Waals surface area (Å²) in [7, 11) is 3.96. The van der Waals surface area contributed by atoms with Crippen molar-refractivity contribution < 1.29 is 4.39 Å². The Morgan fingerprint density at radius 1 is 1.33 bits per heavy atom. The molecule has 0 bridgehead atoms. The number of terminal acetylenes is 1. The number of likely N-dealkylation sites (N-methyl/N-ethyl adjacent to an activating group) is 1. The molecule has 0 fully saturated rings. The second-order valence-corrected chi connectivity index (χ2v) is 4.81. The molecule has 114 valence electrons. The number of rotatable bonds is 6. The maximum atomic E-state index is 13.0. The second-order valence-electron chi connectivity index (χ2n) is 4.81. The third-order valence-electron chi connectivity index (χ3n) is 3.00. The summed E-state index contributed by atoms with van der Waals surface area (Å²) in [6, 6.07) is 6.59. The lowest BCUT2D eigenvalue weighted by atomic mass is 10.1. The van der Waals surface area contributed by atoms with Gasteiger partial charge in [0.1, 0.15) is 5.82 Å². The van der Waals surface area contributed by atoms with E-state index in [0.29, 0.717) is 19.0 Å². The quantitative estimate of drug-likeness (QED) is 0.475. The lowest BCUT2D eigenvalue weighted by Gasteiger charge is -2.23. The minimum absolute atomic E-state index is 0.0758. The van der Waals surface area contributed by atoms with Crippen LogP contribution in [0.1, 0.15) is 18.5 Å². The Labute approximate surface area is 126 Å². The summed E-state index contributed by atoms with van der Waals surface area (Å²) in [5.41, 5.74) is 1.03. The van der Waals surface area contributed by atoms with Crippen LogP contribution >= 0.6 is 0 Å². The van der Waals surface area contributed by atoms with E-state index in [2.05, 4.69) is 26.4 Å². The van der Waals surface area contributed by atoms with Crippen LogP contribution in [0.15, 0.2) is 29.3 Å². The summed E-state index contributed by atoms with van der Waals surface area (Å²) >= 11 is 0. The molecule has 2 N–H and O–H groups in total. The third-order valence-corrected chi connectivity index (χ3v) is 3.00. The predicted octanol–water partition coefficient (Wildman–Crippen LogP) is 1.62. The van der Waals surface area contributed by atoms with Gasteiger partial charge in [0, 0.05) is 6.54 Å². The Kier molecular flexibility index (Phi) is 7.27. The first kappa shape index (κ1) is 17.0. The van der Waals surface area contributed by atoms with Gasteiger partial charge in [-0.1, -0.05) is 18.1 Å². The molecule has 1 aromatic carbocycles. The van der Waals surface area contributed by atoms with Gasteiger partial charge >= 0.3 is 0 Å². The van der Waals surface area contributed by atoms with Gasteiger partial charge in [-0.05, 0) is 38.7 Å². The van der Waals surface area contributed by atoms with Crippen molar-refractivity contribution >= 4 is 5.96 Å². The molecule has 0 aliphatic rings. The van der Waals surface area contributed by atoms with Gasteiger partial charge in [-0.2, -0.15) is 0 Å². The van der Waals surface area contributed by atoms with Gasteiger partial charge in [0.2, 0.25) is 0 Å². The topological polar surface area (TPSA) is 39.7 Å². The molecule has 0 saturated heterocycles. The van der Waals surface area contributed by atoms with Crippen molar-refractivity contribution in [3.8, 4) is 12.3 Å². The fourth-order valence-corrected chi connectivity index (χ4v) is 1.91. The van der Waals surface area contributed by atoms with E-state index in [1.165, 1.54) is 12.1 Å². The molecule has 0 aromatic heterocycles. The van der Waals surface area contributed by atoms with Crippen molar-refractivity contribution in [1.82, 2.24) is 15.5 Å². The number of hydrogen-bond acceptors (Lipinski definition) is 2. The van der Waals surface area contributed by atoms with Crippen molar-refractivity contribution in [2.45, 2.75) is 13.0 Å². The summed E-state index contributed by atoms with van der Waals surface area (Å²) in [5, 5.41) is 6.19. The van der Waals surface area contributed by atoms with Crippen LogP contribution in [0.4, 0.5) is 4.39 Å². The van der Waals surface area contributed by atoms with Gasteiger partial charge in [0.25, 0.3) is 0 Å². The fraction of sp³-hybridized carbons (Fsp3) is 0.438. The summed E-state index contributed by atoms with van der Waals surface area (Å²) in [4.78, 5) is 6.59. The van der Waals surface area contributed by atoms with Crippen LogP contribution in [0.3, 0.4) is 0 Å². The van der Waals surface area contributed by atoms with E-state index >= 15 is 0 Å².